The van der Waals surface area contributed by atoms with Gasteiger partial charge in [0, 0.05) is 13.1 Å². The highest BCUT2D eigenvalue weighted by Gasteiger charge is 2.24. The van der Waals surface area contributed by atoms with Crippen LogP contribution in [0, 0.1) is 13.8 Å². The van der Waals surface area contributed by atoms with Gasteiger partial charge in [0.25, 0.3) is 5.91 Å². The molecule has 136 valence electrons. The van der Waals surface area contributed by atoms with E-state index in [0.717, 1.165) is 24.0 Å². The van der Waals surface area contributed by atoms with Gasteiger partial charge >= 0.3 is 5.97 Å². The van der Waals surface area contributed by atoms with E-state index in [1.54, 1.807) is 6.07 Å². The van der Waals surface area contributed by atoms with Crippen LogP contribution in [0.2, 0.25) is 0 Å². The average Bonchev–Trinajstić information content (AvgIpc) is 3.37. The molecule has 0 saturated heterocycles. The van der Waals surface area contributed by atoms with Crippen molar-refractivity contribution in [2.45, 2.75) is 32.7 Å². The Balaban J connectivity index is 1.66. The number of aryl methyl sites for hydroxylation is 2. The maximum Gasteiger partial charge on any atom is 0.344 e. The van der Waals surface area contributed by atoms with Gasteiger partial charge in [-0.05, 0) is 49.9 Å². The summed E-state index contributed by atoms with van der Waals surface area (Å²) in [6, 6.07) is 5.75. The number of likely N-dealkylation sites (N-methyl/N-ethyl adjacent to an activating group) is 1. The Morgan fingerprint density at radius 2 is 1.88 bits per heavy atom. The zero-order valence-electron chi connectivity index (χ0n) is 14.8. The minimum absolute atomic E-state index is 0.0496. The van der Waals surface area contributed by atoms with Gasteiger partial charge in [0.05, 0.1) is 6.54 Å². The van der Waals surface area contributed by atoms with Crippen molar-refractivity contribution < 1.29 is 23.9 Å². The summed E-state index contributed by atoms with van der Waals surface area (Å²) in [6.07, 6.45) is 1.98. The largest absolute Gasteiger partial charge is 0.482 e. The van der Waals surface area contributed by atoms with Crippen LogP contribution < -0.4 is 10.1 Å². The van der Waals surface area contributed by atoms with Crippen LogP contribution in [0.5, 0.6) is 5.75 Å². The number of nitrogens with zero attached hydrogens (tertiary/aromatic N) is 1. The first kappa shape index (κ1) is 18.8. The molecule has 0 heterocycles. The summed E-state index contributed by atoms with van der Waals surface area (Å²) >= 11 is 0. The van der Waals surface area contributed by atoms with E-state index in [0.29, 0.717) is 5.75 Å². The lowest BCUT2D eigenvalue weighted by Crippen LogP contribution is -2.40. The molecule has 0 bridgehead atoms. The van der Waals surface area contributed by atoms with E-state index < -0.39 is 18.5 Å². The third-order valence-electron chi connectivity index (χ3n) is 3.94. The molecule has 0 radical (unpaired) electrons. The number of hydrogen-bond donors (Lipinski definition) is 1. The number of amides is 2. The van der Waals surface area contributed by atoms with E-state index in [4.69, 9.17) is 9.47 Å². The second kappa shape index (κ2) is 8.50. The molecule has 1 N–H and O–H groups in total. The van der Waals surface area contributed by atoms with Crippen LogP contribution in [-0.2, 0) is 19.1 Å². The van der Waals surface area contributed by atoms with Gasteiger partial charge in [-0.15, -0.1) is 0 Å². The molecule has 2 amide bonds. The predicted octanol–water partition coefficient (Wildman–Crippen LogP) is 0.962. The lowest BCUT2D eigenvalue weighted by Gasteiger charge is -2.16. The Morgan fingerprint density at radius 3 is 2.52 bits per heavy atom. The lowest BCUT2D eigenvalue weighted by molar-refractivity contribution is -0.153. The fourth-order valence-electron chi connectivity index (χ4n) is 2.04. The summed E-state index contributed by atoms with van der Waals surface area (Å²) < 4.78 is 10.2. The van der Waals surface area contributed by atoms with Crippen LogP contribution in [0.1, 0.15) is 24.0 Å². The molecule has 1 fully saturated rings. The number of esters is 1. The SMILES string of the molecule is Cc1ccc(OCC(=O)OCC(=O)N(C)CC(=O)NC2CC2)cc1C. The monoisotopic (exact) mass is 348 g/mol. The molecule has 1 aliphatic rings. The number of rotatable bonds is 8. The summed E-state index contributed by atoms with van der Waals surface area (Å²) in [6.45, 7) is 3.20. The number of nitrogens with one attached hydrogen (secondary N) is 1. The van der Waals surface area contributed by atoms with Crippen molar-refractivity contribution in [2.24, 2.45) is 0 Å². The van der Waals surface area contributed by atoms with Crippen LogP contribution in [0.4, 0.5) is 0 Å². The van der Waals surface area contributed by atoms with Crippen molar-refractivity contribution in [2.75, 3.05) is 26.8 Å². The maximum atomic E-state index is 11.9. The minimum atomic E-state index is -0.637. The molecular weight excluding hydrogens is 324 g/mol. The van der Waals surface area contributed by atoms with Gasteiger partial charge in [-0.25, -0.2) is 4.79 Å². The molecule has 0 aliphatic heterocycles. The van der Waals surface area contributed by atoms with Gasteiger partial charge < -0.3 is 19.7 Å². The summed E-state index contributed by atoms with van der Waals surface area (Å²) in [4.78, 5) is 36.4. The van der Waals surface area contributed by atoms with Crippen molar-refractivity contribution >= 4 is 17.8 Å². The van der Waals surface area contributed by atoms with E-state index in [-0.39, 0.29) is 25.1 Å². The van der Waals surface area contributed by atoms with Crippen LogP contribution in [0.3, 0.4) is 0 Å². The second-order valence-corrected chi connectivity index (χ2v) is 6.29. The quantitative estimate of drug-likeness (QED) is 0.708. The highest BCUT2D eigenvalue weighted by Crippen LogP contribution is 2.18. The molecule has 1 aliphatic carbocycles. The summed E-state index contributed by atoms with van der Waals surface area (Å²) in [5, 5.41) is 2.79. The van der Waals surface area contributed by atoms with Crippen molar-refractivity contribution in [3.8, 4) is 5.75 Å². The van der Waals surface area contributed by atoms with Gasteiger partial charge in [0.2, 0.25) is 5.91 Å². The summed E-state index contributed by atoms with van der Waals surface area (Å²) in [5.41, 5.74) is 2.20. The average molecular weight is 348 g/mol. The van der Waals surface area contributed by atoms with Crippen LogP contribution in [-0.4, -0.2) is 55.5 Å². The Kier molecular flexibility index (Phi) is 6.38. The molecule has 1 saturated carbocycles. The third-order valence-corrected chi connectivity index (χ3v) is 3.94. The Hall–Kier alpha value is -2.57. The molecule has 1 aromatic carbocycles. The lowest BCUT2D eigenvalue weighted by atomic mass is 10.1. The molecule has 7 nitrogen and oxygen atoms in total. The summed E-state index contributed by atoms with van der Waals surface area (Å²) in [5.74, 6) is -0.712. The van der Waals surface area contributed by atoms with Crippen molar-refractivity contribution in [1.29, 1.82) is 0 Å². The maximum absolute atomic E-state index is 11.9. The molecule has 0 aromatic heterocycles. The summed E-state index contributed by atoms with van der Waals surface area (Å²) in [7, 11) is 1.49. The standard InChI is InChI=1S/C18H24N2O5/c1-12-4-7-15(8-13(12)2)24-11-18(23)25-10-17(22)20(3)9-16(21)19-14-5-6-14/h4,7-8,14H,5-6,9-11H2,1-3H3,(H,19,21). The molecule has 0 unspecified atom stereocenters. The first-order chi connectivity index (χ1) is 11.8. The first-order valence-electron chi connectivity index (χ1n) is 8.24. The smallest absolute Gasteiger partial charge is 0.344 e. The molecule has 25 heavy (non-hydrogen) atoms. The fourth-order valence-corrected chi connectivity index (χ4v) is 2.04. The van der Waals surface area contributed by atoms with Crippen LogP contribution in [0.15, 0.2) is 18.2 Å². The van der Waals surface area contributed by atoms with Gasteiger partial charge in [-0.2, -0.15) is 0 Å². The van der Waals surface area contributed by atoms with E-state index in [9.17, 15) is 14.4 Å². The van der Waals surface area contributed by atoms with Gasteiger partial charge in [-0.1, -0.05) is 6.07 Å². The number of hydrogen-bond acceptors (Lipinski definition) is 5. The second-order valence-electron chi connectivity index (χ2n) is 6.29. The van der Waals surface area contributed by atoms with E-state index in [1.807, 2.05) is 26.0 Å². The van der Waals surface area contributed by atoms with Crippen molar-refractivity contribution in [1.82, 2.24) is 10.2 Å². The van der Waals surface area contributed by atoms with E-state index >= 15 is 0 Å². The first-order valence-corrected chi connectivity index (χ1v) is 8.24. The number of carbonyl (C=O) groups is 3. The highest BCUT2D eigenvalue weighted by molar-refractivity contribution is 5.86. The van der Waals surface area contributed by atoms with Crippen LogP contribution in [0.25, 0.3) is 0 Å². The molecule has 0 atom stereocenters. The third kappa shape index (κ3) is 6.45. The number of benzene rings is 1. The molecule has 0 spiro atoms. The molecular formula is C18H24N2O5. The molecule has 1 aromatic rings. The molecule has 2 rings (SSSR count). The van der Waals surface area contributed by atoms with Gasteiger partial charge in [0.1, 0.15) is 5.75 Å². The van der Waals surface area contributed by atoms with E-state index in [1.165, 1.54) is 11.9 Å². The van der Waals surface area contributed by atoms with Gasteiger partial charge in [-0.3, -0.25) is 9.59 Å². The number of ether oxygens (including phenoxy) is 2. The topological polar surface area (TPSA) is 84.9 Å². The minimum Gasteiger partial charge on any atom is -0.482 e. The zero-order chi connectivity index (χ0) is 18.4. The van der Waals surface area contributed by atoms with Crippen molar-refractivity contribution in [3.05, 3.63) is 29.3 Å². The highest BCUT2D eigenvalue weighted by atomic mass is 16.6. The number of carbonyl (C=O) groups excluding carboxylic acids is 3. The zero-order valence-corrected chi connectivity index (χ0v) is 14.8. The Labute approximate surface area is 147 Å². The fraction of sp³-hybridized carbons (Fsp3) is 0.500. The Morgan fingerprint density at radius 1 is 1.16 bits per heavy atom. The van der Waals surface area contributed by atoms with Crippen LogP contribution >= 0.6 is 0 Å². The van der Waals surface area contributed by atoms with Crippen molar-refractivity contribution in [3.63, 3.8) is 0 Å². The predicted molar refractivity (Wildman–Crippen MR) is 91.2 cm³/mol. The normalized spacial score (nSPS) is 13.1. The van der Waals surface area contributed by atoms with E-state index in [2.05, 4.69) is 5.32 Å². The Bertz CT molecular complexity index is 655. The van der Waals surface area contributed by atoms with Gasteiger partial charge in [0.15, 0.2) is 13.2 Å². The molecule has 7 heteroatoms.